The minimum absolute atomic E-state index is 0.101. The maximum atomic E-state index is 12.6. The normalized spacial score (nSPS) is 29.2. The highest BCUT2D eigenvalue weighted by Gasteiger charge is 2.64. The van der Waals surface area contributed by atoms with Gasteiger partial charge in [-0.05, 0) is 41.9 Å². The molecule has 24 heavy (non-hydrogen) atoms. The summed E-state index contributed by atoms with van der Waals surface area (Å²) >= 11 is 0. The molecule has 2 aliphatic rings. The standard InChI is InChI=1S/C21H24N2O/c1-14(16-11-7-9-15-8-3-4-10-17(15)16)22-23-20(24)19-18-12-5-6-13-21(18,19)2/h3-4,7-11,18-19H,5-6,12-13H2,1-2H3,(H,23,24)/b22-14-/t18-,19+,21-/m1/s1. The third-order valence-corrected chi connectivity index (χ3v) is 6.13. The van der Waals surface area contributed by atoms with Crippen LogP contribution in [0.1, 0.15) is 45.1 Å². The van der Waals surface area contributed by atoms with Crippen molar-refractivity contribution < 1.29 is 4.79 Å². The molecule has 2 aliphatic carbocycles. The molecule has 0 heterocycles. The lowest BCUT2D eigenvalue weighted by Crippen LogP contribution is -2.23. The summed E-state index contributed by atoms with van der Waals surface area (Å²) < 4.78 is 0. The highest BCUT2D eigenvalue weighted by molar-refractivity contribution is 6.10. The predicted molar refractivity (Wildman–Crippen MR) is 97.9 cm³/mol. The summed E-state index contributed by atoms with van der Waals surface area (Å²) in [5, 5.41) is 6.77. The smallest absolute Gasteiger partial charge is 0.244 e. The van der Waals surface area contributed by atoms with E-state index in [1.807, 2.05) is 25.1 Å². The molecule has 124 valence electrons. The molecule has 3 heteroatoms. The number of rotatable bonds is 3. The average Bonchev–Trinajstić information content (AvgIpc) is 3.24. The van der Waals surface area contributed by atoms with Gasteiger partial charge in [0.2, 0.25) is 5.91 Å². The molecule has 0 aromatic heterocycles. The van der Waals surface area contributed by atoms with E-state index in [1.165, 1.54) is 36.5 Å². The number of benzene rings is 2. The molecule has 0 radical (unpaired) electrons. The lowest BCUT2D eigenvalue weighted by molar-refractivity contribution is -0.123. The van der Waals surface area contributed by atoms with Crippen LogP contribution in [0.5, 0.6) is 0 Å². The highest BCUT2D eigenvalue weighted by atomic mass is 16.2. The van der Waals surface area contributed by atoms with Gasteiger partial charge in [0.05, 0.1) is 5.71 Å². The number of fused-ring (bicyclic) bond motifs is 2. The van der Waals surface area contributed by atoms with Crippen LogP contribution in [-0.2, 0) is 4.79 Å². The first-order chi connectivity index (χ1) is 11.6. The van der Waals surface area contributed by atoms with Crippen LogP contribution in [0.4, 0.5) is 0 Å². The summed E-state index contributed by atoms with van der Waals surface area (Å²) in [4.78, 5) is 12.6. The maximum Gasteiger partial charge on any atom is 0.244 e. The fraction of sp³-hybridized carbons (Fsp3) is 0.429. The van der Waals surface area contributed by atoms with Gasteiger partial charge in [-0.15, -0.1) is 0 Å². The van der Waals surface area contributed by atoms with Crippen LogP contribution in [0, 0.1) is 17.3 Å². The van der Waals surface area contributed by atoms with Gasteiger partial charge in [-0.2, -0.15) is 5.10 Å². The zero-order valence-corrected chi connectivity index (χ0v) is 14.4. The van der Waals surface area contributed by atoms with E-state index in [2.05, 4.69) is 41.7 Å². The average molecular weight is 320 g/mol. The van der Waals surface area contributed by atoms with Crippen LogP contribution < -0.4 is 5.43 Å². The summed E-state index contributed by atoms with van der Waals surface area (Å²) in [6, 6.07) is 14.5. The summed E-state index contributed by atoms with van der Waals surface area (Å²) in [6.07, 6.45) is 4.90. The van der Waals surface area contributed by atoms with Gasteiger partial charge < -0.3 is 0 Å². The number of nitrogens with one attached hydrogen (secondary N) is 1. The van der Waals surface area contributed by atoms with E-state index in [9.17, 15) is 4.79 Å². The van der Waals surface area contributed by atoms with Crippen molar-refractivity contribution in [1.82, 2.24) is 5.43 Å². The summed E-state index contributed by atoms with van der Waals surface area (Å²) in [5.41, 5.74) is 5.00. The van der Waals surface area contributed by atoms with Crippen molar-refractivity contribution in [2.24, 2.45) is 22.4 Å². The largest absolute Gasteiger partial charge is 0.273 e. The molecule has 0 bridgehead atoms. The molecule has 3 atom stereocenters. The second-order valence-corrected chi connectivity index (χ2v) is 7.54. The SMILES string of the molecule is C/C(=N/NC(=O)[C@@H]1[C@H]2CCCC[C@]21C)c1cccc2ccccc12. The Bertz CT molecular complexity index is 820. The quantitative estimate of drug-likeness (QED) is 0.656. The Labute approximate surface area is 143 Å². The fourth-order valence-corrected chi connectivity index (χ4v) is 4.66. The molecule has 1 amide bonds. The summed E-state index contributed by atoms with van der Waals surface area (Å²) in [6.45, 7) is 4.23. The number of amides is 1. The van der Waals surface area contributed by atoms with Crippen molar-refractivity contribution in [3.8, 4) is 0 Å². The second-order valence-electron chi connectivity index (χ2n) is 7.54. The van der Waals surface area contributed by atoms with Crippen molar-refractivity contribution in [3.63, 3.8) is 0 Å². The van der Waals surface area contributed by atoms with Crippen LogP contribution in [0.3, 0.4) is 0 Å². The van der Waals surface area contributed by atoms with Gasteiger partial charge in [-0.1, -0.05) is 62.2 Å². The van der Waals surface area contributed by atoms with E-state index in [-0.39, 0.29) is 17.2 Å². The van der Waals surface area contributed by atoms with E-state index in [0.29, 0.717) is 5.92 Å². The topological polar surface area (TPSA) is 41.5 Å². The number of hydrogen-bond acceptors (Lipinski definition) is 2. The second kappa shape index (κ2) is 5.73. The lowest BCUT2D eigenvalue weighted by Gasteiger charge is -2.15. The third-order valence-electron chi connectivity index (χ3n) is 6.13. The fourth-order valence-electron chi connectivity index (χ4n) is 4.66. The Morgan fingerprint density at radius 3 is 2.75 bits per heavy atom. The first-order valence-corrected chi connectivity index (χ1v) is 8.93. The molecule has 0 unspecified atom stereocenters. The molecular formula is C21H24N2O. The zero-order chi connectivity index (χ0) is 16.7. The van der Waals surface area contributed by atoms with E-state index in [4.69, 9.17) is 0 Å². The number of carbonyl (C=O) groups excluding carboxylic acids is 1. The number of hydrogen-bond donors (Lipinski definition) is 1. The van der Waals surface area contributed by atoms with Crippen LogP contribution >= 0.6 is 0 Å². The van der Waals surface area contributed by atoms with Gasteiger partial charge in [0.15, 0.2) is 0 Å². The van der Waals surface area contributed by atoms with Crippen molar-refractivity contribution in [2.45, 2.75) is 39.5 Å². The Hall–Kier alpha value is -2.16. The number of nitrogens with zero attached hydrogens (tertiary/aromatic N) is 1. The molecule has 2 aromatic carbocycles. The van der Waals surface area contributed by atoms with Gasteiger partial charge in [0.1, 0.15) is 0 Å². The van der Waals surface area contributed by atoms with Crippen LogP contribution in [-0.4, -0.2) is 11.6 Å². The van der Waals surface area contributed by atoms with Crippen molar-refractivity contribution in [2.75, 3.05) is 0 Å². The molecule has 3 nitrogen and oxygen atoms in total. The molecule has 2 fully saturated rings. The molecule has 0 saturated heterocycles. The van der Waals surface area contributed by atoms with Crippen molar-refractivity contribution in [3.05, 3.63) is 48.0 Å². The van der Waals surface area contributed by atoms with Crippen molar-refractivity contribution >= 4 is 22.4 Å². The Morgan fingerprint density at radius 1 is 1.17 bits per heavy atom. The number of carbonyl (C=O) groups is 1. The molecule has 2 saturated carbocycles. The number of hydrazone groups is 1. The van der Waals surface area contributed by atoms with Gasteiger partial charge >= 0.3 is 0 Å². The van der Waals surface area contributed by atoms with Crippen LogP contribution in [0.15, 0.2) is 47.6 Å². The Morgan fingerprint density at radius 2 is 1.96 bits per heavy atom. The monoisotopic (exact) mass is 320 g/mol. The summed E-state index contributed by atoms with van der Waals surface area (Å²) in [7, 11) is 0. The Kier molecular flexibility index (Phi) is 3.67. The first kappa shape index (κ1) is 15.4. The lowest BCUT2D eigenvalue weighted by atomic mass is 9.90. The van der Waals surface area contributed by atoms with Gasteiger partial charge in [0.25, 0.3) is 0 Å². The third kappa shape index (κ3) is 2.43. The van der Waals surface area contributed by atoms with Gasteiger partial charge in [-0.3, -0.25) is 4.79 Å². The minimum Gasteiger partial charge on any atom is -0.273 e. The van der Waals surface area contributed by atoms with Gasteiger partial charge in [0, 0.05) is 11.5 Å². The van der Waals surface area contributed by atoms with E-state index in [1.54, 1.807) is 0 Å². The molecular weight excluding hydrogens is 296 g/mol. The summed E-state index contributed by atoms with van der Waals surface area (Å²) in [5.74, 6) is 0.826. The van der Waals surface area contributed by atoms with Gasteiger partial charge in [-0.25, -0.2) is 5.43 Å². The van der Waals surface area contributed by atoms with Crippen molar-refractivity contribution in [1.29, 1.82) is 0 Å². The maximum absolute atomic E-state index is 12.6. The molecule has 0 aliphatic heterocycles. The molecule has 1 N–H and O–H groups in total. The zero-order valence-electron chi connectivity index (χ0n) is 14.4. The van der Waals surface area contributed by atoms with Crippen LogP contribution in [0.25, 0.3) is 10.8 Å². The van der Waals surface area contributed by atoms with Crippen LogP contribution in [0.2, 0.25) is 0 Å². The first-order valence-electron chi connectivity index (χ1n) is 8.93. The van der Waals surface area contributed by atoms with E-state index >= 15 is 0 Å². The molecule has 4 rings (SSSR count). The molecule has 2 aromatic rings. The van der Waals surface area contributed by atoms with E-state index < -0.39 is 0 Å². The Balaban J connectivity index is 1.52. The molecule has 0 spiro atoms. The minimum atomic E-state index is 0.101. The van der Waals surface area contributed by atoms with E-state index in [0.717, 1.165) is 11.3 Å². The predicted octanol–water partition coefficient (Wildman–Crippen LogP) is 4.51. The highest BCUT2D eigenvalue weighted by Crippen LogP contribution is 2.66.